The lowest BCUT2D eigenvalue weighted by Crippen LogP contribution is -2.38. The molecule has 1 aromatic heterocycles. The maximum atomic E-state index is 12.9. The van der Waals surface area contributed by atoms with Crippen molar-refractivity contribution in [2.45, 2.75) is 31.7 Å². The number of carbonyl (C=O) groups excluding carboxylic acids is 1. The van der Waals surface area contributed by atoms with Crippen LogP contribution in [-0.4, -0.2) is 31.1 Å². The van der Waals surface area contributed by atoms with Gasteiger partial charge < -0.3 is 9.26 Å². The summed E-state index contributed by atoms with van der Waals surface area (Å²) in [6.45, 7) is 3.44. The number of ether oxygens (including phenoxy) is 1. The molecular weight excluding hydrogens is 444 g/mol. The molecule has 4 rings (SSSR count). The Morgan fingerprint density at radius 2 is 1.97 bits per heavy atom. The number of rotatable bonds is 6. The van der Waals surface area contributed by atoms with Gasteiger partial charge in [0.05, 0.1) is 17.3 Å². The van der Waals surface area contributed by atoms with Crippen molar-refractivity contribution in [2.75, 3.05) is 16.2 Å². The quantitative estimate of drug-likeness (QED) is 0.597. The predicted molar refractivity (Wildman–Crippen MR) is 114 cm³/mol. The van der Waals surface area contributed by atoms with Crippen molar-refractivity contribution in [3.05, 3.63) is 58.7 Å². The van der Waals surface area contributed by atoms with E-state index in [1.807, 2.05) is 19.1 Å². The molecule has 0 saturated heterocycles. The highest BCUT2D eigenvalue weighted by Gasteiger charge is 2.30. The SMILES string of the molecule is CCc1ccc(NS(=O)(=O)c2cc3c(cc2Cl)N(Cc2noc(C)n2)C(=O)CO3)cc1. The minimum atomic E-state index is -3.99. The Kier molecular flexibility index (Phi) is 5.59. The average Bonchev–Trinajstić information content (AvgIpc) is 3.15. The lowest BCUT2D eigenvalue weighted by Gasteiger charge is -2.29. The molecule has 1 amide bonds. The molecule has 2 heterocycles. The summed E-state index contributed by atoms with van der Waals surface area (Å²) in [5, 5.41) is 3.74. The third-order valence-electron chi connectivity index (χ3n) is 4.73. The largest absolute Gasteiger partial charge is 0.482 e. The highest BCUT2D eigenvalue weighted by atomic mass is 35.5. The molecule has 162 valence electrons. The summed E-state index contributed by atoms with van der Waals surface area (Å²) >= 11 is 6.32. The molecule has 1 aliphatic rings. The standard InChI is InChI=1S/C20H19ClN4O5S/c1-3-13-4-6-14(7-5-13)24-31(27,28)18-9-17-16(8-15(18)21)25(20(26)11-29-17)10-19-22-12(2)30-23-19/h4-9,24H,3,10-11H2,1-2H3. The zero-order valence-electron chi connectivity index (χ0n) is 16.8. The van der Waals surface area contributed by atoms with Crippen LogP contribution in [0.2, 0.25) is 5.02 Å². The van der Waals surface area contributed by atoms with E-state index in [9.17, 15) is 13.2 Å². The molecule has 2 aromatic carbocycles. The summed E-state index contributed by atoms with van der Waals surface area (Å²) in [5.74, 6) is 0.554. The summed E-state index contributed by atoms with van der Waals surface area (Å²) in [7, 11) is -3.99. The number of sulfonamides is 1. The molecule has 0 bridgehead atoms. The topological polar surface area (TPSA) is 115 Å². The molecule has 0 unspecified atom stereocenters. The Morgan fingerprint density at radius 3 is 2.61 bits per heavy atom. The number of benzene rings is 2. The predicted octanol–water partition coefficient (Wildman–Crippen LogP) is 3.32. The van der Waals surface area contributed by atoms with Gasteiger partial charge in [0.2, 0.25) is 5.89 Å². The third-order valence-corrected chi connectivity index (χ3v) is 6.58. The number of anilines is 2. The van der Waals surface area contributed by atoms with Crippen molar-refractivity contribution in [1.82, 2.24) is 10.1 Å². The molecule has 0 aliphatic carbocycles. The van der Waals surface area contributed by atoms with Gasteiger partial charge in [0.15, 0.2) is 12.4 Å². The molecule has 3 aromatic rings. The monoisotopic (exact) mass is 462 g/mol. The van der Waals surface area contributed by atoms with E-state index in [1.165, 1.54) is 17.0 Å². The molecular formula is C20H19ClN4O5S. The molecule has 9 nitrogen and oxygen atoms in total. The Labute approximate surface area is 184 Å². The van der Waals surface area contributed by atoms with Gasteiger partial charge in [-0.1, -0.05) is 35.8 Å². The molecule has 0 radical (unpaired) electrons. The van der Waals surface area contributed by atoms with Gasteiger partial charge in [0.1, 0.15) is 10.6 Å². The van der Waals surface area contributed by atoms with E-state index in [1.54, 1.807) is 19.1 Å². The van der Waals surface area contributed by atoms with Crippen LogP contribution >= 0.6 is 11.6 Å². The highest BCUT2D eigenvalue weighted by molar-refractivity contribution is 7.92. The first-order chi connectivity index (χ1) is 14.8. The molecule has 1 aliphatic heterocycles. The van der Waals surface area contributed by atoms with Crippen LogP contribution in [0.3, 0.4) is 0 Å². The van der Waals surface area contributed by atoms with Gasteiger partial charge in [-0.2, -0.15) is 4.98 Å². The zero-order chi connectivity index (χ0) is 22.2. The van der Waals surface area contributed by atoms with Gasteiger partial charge in [-0.05, 0) is 30.2 Å². The van der Waals surface area contributed by atoms with E-state index in [0.29, 0.717) is 23.1 Å². The first kappa shape index (κ1) is 21.1. The highest BCUT2D eigenvalue weighted by Crippen LogP contribution is 2.39. The number of nitrogens with zero attached hydrogens (tertiary/aromatic N) is 3. The van der Waals surface area contributed by atoms with Crippen LogP contribution in [0.15, 0.2) is 45.8 Å². The van der Waals surface area contributed by atoms with Gasteiger partial charge in [-0.3, -0.25) is 14.4 Å². The second-order valence-electron chi connectivity index (χ2n) is 6.90. The fourth-order valence-electron chi connectivity index (χ4n) is 3.15. The normalized spacial score (nSPS) is 13.6. The van der Waals surface area contributed by atoms with E-state index >= 15 is 0 Å². The van der Waals surface area contributed by atoms with Crippen LogP contribution in [0, 0.1) is 6.92 Å². The van der Waals surface area contributed by atoms with Crippen molar-refractivity contribution in [1.29, 1.82) is 0 Å². The maximum absolute atomic E-state index is 12.9. The van der Waals surface area contributed by atoms with Gasteiger partial charge >= 0.3 is 0 Å². The number of amides is 1. The summed E-state index contributed by atoms with van der Waals surface area (Å²) in [4.78, 5) is 17.7. The van der Waals surface area contributed by atoms with E-state index in [2.05, 4.69) is 14.9 Å². The lowest BCUT2D eigenvalue weighted by atomic mass is 10.2. The van der Waals surface area contributed by atoms with Crippen LogP contribution in [0.25, 0.3) is 0 Å². The van der Waals surface area contributed by atoms with Gasteiger partial charge in [0, 0.05) is 18.7 Å². The number of fused-ring (bicyclic) bond motifs is 1. The van der Waals surface area contributed by atoms with Crippen molar-refractivity contribution in [2.24, 2.45) is 0 Å². The summed E-state index contributed by atoms with van der Waals surface area (Å²) in [6, 6.07) is 9.76. The lowest BCUT2D eigenvalue weighted by molar-refractivity contribution is -0.121. The van der Waals surface area contributed by atoms with Crippen molar-refractivity contribution < 1.29 is 22.5 Å². The van der Waals surface area contributed by atoms with Crippen LogP contribution in [-0.2, 0) is 27.8 Å². The van der Waals surface area contributed by atoms with Crippen LogP contribution in [0.5, 0.6) is 5.75 Å². The van der Waals surface area contributed by atoms with E-state index in [4.69, 9.17) is 20.9 Å². The molecule has 0 fully saturated rings. The molecule has 0 atom stereocenters. The smallest absolute Gasteiger partial charge is 0.265 e. The summed E-state index contributed by atoms with van der Waals surface area (Å²) < 4.78 is 38.8. The third kappa shape index (κ3) is 4.35. The Hall–Kier alpha value is -3.11. The van der Waals surface area contributed by atoms with Crippen LogP contribution < -0.4 is 14.4 Å². The molecule has 1 N–H and O–H groups in total. The second-order valence-corrected chi connectivity index (χ2v) is 8.96. The maximum Gasteiger partial charge on any atom is 0.265 e. The average molecular weight is 463 g/mol. The van der Waals surface area contributed by atoms with E-state index < -0.39 is 10.0 Å². The van der Waals surface area contributed by atoms with Gasteiger partial charge in [0.25, 0.3) is 15.9 Å². The number of aromatic nitrogens is 2. The Morgan fingerprint density at radius 1 is 1.23 bits per heavy atom. The number of halogens is 1. The molecule has 0 spiro atoms. The van der Waals surface area contributed by atoms with Gasteiger partial charge in [-0.15, -0.1) is 0 Å². The van der Waals surface area contributed by atoms with Crippen LogP contribution in [0.1, 0.15) is 24.2 Å². The Bertz CT molecular complexity index is 1240. The van der Waals surface area contributed by atoms with E-state index in [-0.39, 0.29) is 34.7 Å². The fourth-order valence-corrected chi connectivity index (χ4v) is 4.74. The first-order valence-corrected chi connectivity index (χ1v) is 11.3. The number of nitrogens with one attached hydrogen (secondary N) is 1. The number of hydrogen-bond acceptors (Lipinski definition) is 7. The number of aryl methyl sites for hydroxylation is 2. The molecule has 0 saturated carbocycles. The minimum absolute atomic E-state index is 0.0387. The molecule has 11 heteroatoms. The summed E-state index contributed by atoms with van der Waals surface area (Å²) in [5.41, 5.74) is 1.83. The minimum Gasteiger partial charge on any atom is -0.482 e. The molecule has 31 heavy (non-hydrogen) atoms. The Balaban J connectivity index is 1.65. The van der Waals surface area contributed by atoms with Crippen LogP contribution in [0.4, 0.5) is 11.4 Å². The zero-order valence-corrected chi connectivity index (χ0v) is 18.3. The van der Waals surface area contributed by atoms with Crippen molar-refractivity contribution >= 4 is 38.9 Å². The number of carbonyl (C=O) groups is 1. The summed E-state index contributed by atoms with van der Waals surface area (Å²) in [6.07, 6.45) is 0.847. The van der Waals surface area contributed by atoms with Gasteiger partial charge in [-0.25, -0.2) is 8.42 Å². The van der Waals surface area contributed by atoms with Crippen molar-refractivity contribution in [3.63, 3.8) is 0 Å². The van der Waals surface area contributed by atoms with E-state index in [0.717, 1.165) is 12.0 Å². The number of hydrogen-bond donors (Lipinski definition) is 1. The fraction of sp³-hybridized carbons (Fsp3) is 0.250. The first-order valence-electron chi connectivity index (χ1n) is 9.44. The second kappa shape index (κ2) is 8.20. The van der Waals surface area contributed by atoms with Crippen molar-refractivity contribution in [3.8, 4) is 5.75 Å².